The van der Waals surface area contributed by atoms with Gasteiger partial charge in [0.25, 0.3) is 0 Å². The molecule has 0 bridgehead atoms. The van der Waals surface area contributed by atoms with Crippen molar-refractivity contribution in [3.8, 4) is 5.75 Å². The Kier molecular flexibility index (Phi) is 7.14. The highest BCUT2D eigenvalue weighted by Crippen LogP contribution is 2.40. The molecule has 2 N–H and O–H groups in total. The average Bonchev–Trinajstić information content (AvgIpc) is 3.44. The minimum atomic E-state index is -2.98. The number of likely N-dealkylation sites (tertiary alicyclic amines) is 1. The van der Waals surface area contributed by atoms with Crippen molar-refractivity contribution in [2.45, 2.75) is 58.0 Å². The van der Waals surface area contributed by atoms with Crippen LogP contribution in [0.25, 0.3) is 0 Å². The molecule has 0 saturated carbocycles. The number of hydrogen-bond donors (Lipinski definition) is 1. The highest BCUT2D eigenvalue weighted by molar-refractivity contribution is 7.95. The van der Waals surface area contributed by atoms with Crippen molar-refractivity contribution in [3.63, 3.8) is 0 Å². The predicted molar refractivity (Wildman–Crippen MR) is 134 cm³/mol. The van der Waals surface area contributed by atoms with Gasteiger partial charge in [0.2, 0.25) is 0 Å². The standard InChI is InChI=1S/C26H37N3O4S/c1-18-11-19(13-29-14-22(15-29)31-2)9-10-25(18)34(27,30)28-16-32-17-33-26-23-7-3-5-20(23)12-21-6-4-8-24(21)26/h9-10,12,18,22H,3-8,11,13-17H2,1-2H3,(H2,27,28,30). The molecule has 4 aliphatic rings. The molecule has 1 fully saturated rings. The maximum atomic E-state index is 13.1. The summed E-state index contributed by atoms with van der Waals surface area (Å²) in [6.45, 7) is 4.98. The second-order valence-corrected chi connectivity index (χ2v) is 11.9. The molecule has 0 aromatic heterocycles. The minimum Gasteiger partial charge on any atom is -0.467 e. The second-order valence-electron chi connectivity index (χ2n) is 10.0. The van der Waals surface area contributed by atoms with Crippen LogP contribution in [0.2, 0.25) is 0 Å². The third kappa shape index (κ3) is 4.97. The normalized spacial score (nSPS) is 24.0. The quantitative estimate of drug-likeness (QED) is 0.426. The van der Waals surface area contributed by atoms with Gasteiger partial charge in [-0.25, -0.2) is 9.35 Å². The van der Waals surface area contributed by atoms with Crippen molar-refractivity contribution in [2.24, 2.45) is 15.4 Å². The van der Waals surface area contributed by atoms with Gasteiger partial charge in [-0.05, 0) is 79.2 Å². The highest BCUT2D eigenvalue weighted by Gasteiger charge is 2.29. The average molecular weight is 488 g/mol. The van der Waals surface area contributed by atoms with Crippen molar-refractivity contribution in [1.29, 1.82) is 0 Å². The van der Waals surface area contributed by atoms with E-state index in [2.05, 4.69) is 28.3 Å². The van der Waals surface area contributed by atoms with Crippen molar-refractivity contribution in [3.05, 3.63) is 51.0 Å². The monoisotopic (exact) mass is 487 g/mol. The first-order valence-corrected chi connectivity index (χ1v) is 14.0. The number of rotatable bonds is 9. The lowest BCUT2D eigenvalue weighted by molar-refractivity contribution is -0.0248. The zero-order valence-corrected chi connectivity index (χ0v) is 21.2. The first-order valence-electron chi connectivity index (χ1n) is 12.5. The Balaban J connectivity index is 1.16. The fourth-order valence-corrected chi connectivity index (χ4v) is 7.09. The number of fused-ring (bicyclic) bond motifs is 2. The lowest BCUT2D eigenvalue weighted by atomic mass is 9.94. The topological polar surface area (TPSA) is 86.4 Å². The molecule has 186 valence electrons. The molecule has 7 nitrogen and oxygen atoms in total. The molecule has 2 unspecified atom stereocenters. The summed E-state index contributed by atoms with van der Waals surface area (Å²) in [6, 6.07) is 2.39. The molecule has 1 aromatic carbocycles. The zero-order valence-electron chi connectivity index (χ0n) is 20.4. The van der Waals surface area contributed by atoms with Crippen LogP contribution in [0.15, 0.2) is 33.1 Å². The summed E-state index contributed by atoms with van der Waals surface area (Å²) in [4.78, 5) is 3.05. The van der Waals surface area contributed by atoms with Crippen molar-refractivity contribution >= 4 is 9.92 Å². The SMILES string of the molecule is COC1CN(CC2=CC=C(S(N)(=O)=NCOCOc3c4c(cc5c3CCC5)CCC4)C(C)C2)C1. The van der Waals surface area contributed by atoms with Gasteiger partial charge in [0.15, 0.2) is 13.5 Å². The maximum absolute atomic E-state index is 13.1. The van der Waals surface area contributed by atoms with E-state index in [-0.39, 0.29) is 19.4 Å². The molecular weight excluding hydrogens is 450 g/mol. The number of methoxy groups -OCH3 is 1. The zero-order chi connectivity index (χ0) is 23.7. The summed E-state index contributed by atoms with van der Waals surface area (Å²) in [6.07, 6.45) is 12.0. The van der Waals surface area contributed by atoms with Crippen LogP contribution in [0.1, 0.15) is 48.4 Å². The Hall–Kier alpha value is -1.71. The Morgan fingerprint density at radius 3 is 2.47 bits per heavy atom. The van der Waals surface area contributed by atoms with Crippen molar-refractivity contribution in [2.75, 3.05) is 40.3 Å². The van der Waals surface area contributed by atoms with Crippen molar-refractivity contribution < 1.29 is 18.4 Å². The number of benzene rings is 1. The number of nitrogens with two attached hydrogens (primary N) is 1. The largest absolute Gasteiger partial charge is 0.467 e. The van der Waals surface area contributed by atoms with E-state index in [0.717, 1.165) is 57.5 Å². The number of hydrogen-bond acceptors (Lipinski definition) is 6. The van der Waals surface area contributed by atoms with Crippen LogP contribution in [0, 0.1) is 5.92 Å². The van der Waals surface area contributed by atoms with Crippen LogP contribution < -0.4 is 9.88 Å². The first kappa shape index (κ1) is 24.0. The van der Waals surface area contributed by atoms with Crippen molar-refractivity contribution in [1.82, 2.24) is 4.90 Å². The van der Waals surface area contributed by atoms with Crippen LogP contribution in [-0.2, 0) is 45.1 Å². The third-order valence-electron chi connectivity index (χ3n) is 7.60. The molecule has 0 amide bonds. The molecule has 1 saturated heterocycles. The van der Waals surface area contributed by atoms with Gasteiger partial charge in [-0.2, -0.15) is 4.36 Å². The van der Waals surface area contributed by atoms with E-state index in [1.54, 1.807) is 7.11 Å². The third-order valence-corrected chi connectivity index (χ3v) is 9.30. The number of nitrogens with zero attached hydrogens (tertiary/aromatic N) is 2. The van der Waals surface area contributed by atoms with Crippen LogP contribution in [0.4, 0.5) is 0 Å². The molecule has 8 heteroatoms. The van der Waals surface area contributed by atoms with E-state index in [4.69, 9.17) is 19.3 Å². The summed E-state index contributed by atoms with van der Waals surface area (Å²) >= 11 is 0. The van der Waals surface area contributed by atoms with E-state index in [1.807, 2.05) is 6.08 Å². The first-order chi connectivity index (χ1) is 16.4. The number of aryl methyl sites for hydroxylation is 2. The Morgan fingerprint density at radius 1 is 1.12 bits per heavy atom. The lowest BCUT2D eigenvalue weighted by Gasteiger charge is -2.39. The molecule has 1 heterocycles. The summed E-state index contributed by atoms with van der Waals surface area (Å²) < 4.78 is 34.4. The second kappa shape index (κ2) is 10.1. The van der Waals surface area contributed by atoms with Gasteiger partial charge >= 0.3 is 0 Å². The van der Waals surface area contributed by atoms with Gasteiger partial charge in [-0.1, -0.05) is 24.6 Å². The van der Waals surface area contributed by atoms with Crippen LogP contribution in [0.5, 0.6) is 5.75 Å². The van der Waals surface area contributed by atoms with E-state index in [9.17, 15) is 4.21 Å². The summed E-state index contributed by atoms with van der Waals surface area (Å²) in [5, 5.41) is 6.16. The van der Waals surface area contributed by atoms with Gasteiger partial charge in [0.1, 0.15) is 15.7 Å². The van der Waals surface area contributed by atoms with E-state index < -0.39 is 9.92 Å². The lowest BCUT2D eigenvalue weighted by Crippen LogP contribution is -2.52. The van der Waals surface area contributed by atoms with Gasteiger partial charge in [0.05, 0.1) is 6.10 Å². The molecule has 34 heavy (non-hydrogen) atoms. The number of ether oxygens (including phenoxy) is 3. The van der Waals surface area contributed by atoms with Gasteiger partial charge in [-0.15, -0.1) is 0 Å². The molecule has 3 aliphatic carbocycles. The van der Waals surface area contributed by atoms with Gasteiger partial charge in [-0.3, -0.25) is 4.90 Å². The molecule has 1 aromatic rings. The molecular formula is C26H37N3O4S. The fraction of sp³-hybridized carbons (Fsp3) is 0.615. The van der Waals surface area contributed by atoms with Crippen LogP contribution in [0.3, 0.4) is 0 Å². The summed E-state index contributed by atoms with van der Waals surface area (Å²) in [7, 11) is -1.22. The van der Waals surface area contributed by atoms with Crippen LogP contribution in [-0.4, -0.2) is 55.5 Å². The van der Waals surface area contributed by atoms with Crippen LogP contribution >= 0.6 is 0 Å². The summed E-state index contributed by atoms with van der Waals surface area (Å²) in [5.74, 6) is 1.11. The Bertz CT molecular complexity index is 1080. The van der Waals surface area contributed by atoms with Gasteiger partial charge < -0.3 is 14.2 Å². The minimum absolute atomic E-state index is 0.0423. The Morgan fingerprint density at radius 2 is 1.82 bits per heavy atom. The maximum Gasteiger partial charge on any atom is 0.191 e. The highest BCUT2D eigenvalue weighted by atomic mass is 32.2. The van der Waals surface area contributed by atoms with E-state index in [0.29, 0.717) is 11.0 Å². The Labute approximate surface area is 203 Å². The van der Waals surface area contributed by atoms with E-state index >= 15 is 0 Å². The molecule has 0 spiro atoms. The molecule has 5 rings (SSSR count). The molecule has 2 atom stereocenters. The molecule has 1 aliphatic heterocycles. The fourth-order valence-electron chi connectivity index (χ4n) is 5.78. The smallest absolute Gasteiger partial charge is 0.191 e. The summed E-state index contributed by atoms with van der Waals surface area (Å²) in [5.41, 5.74) is 6.90. The van der Waals surface area contributed by atoms with E-state index in [1.165, 1.54) is 40.7 Å². The van der Waals surface area contributed by atoms with Gasteiger partial charge in [0, 0.05) is 31.6 Å². The number of allylic oxidation sites excluding steroid dienone is 3. The molecule has 0 radical (unpaired) electrons. The predicted octanol–water partition coefficient (Wildman–Crippen LogP) is 3.50.